The van der Waals surface area contributed by atoms with Gasteiger partial charge in [-0.1, -0.05) is 18.2 Å². The van der Waals surface area contributed by atoms with Gasteiger partial charge in [-0.3, -0.25) is 0 Å². The number of amides is 2. The number of likely N-dealkylation sites (tertiary alicyclic amines) is 1. The number of para-hydroxylation sites is 2. The number of carbonyl (C=O) groups excluding carboxylic acids is 1. The second-order valence-electron chi connectivity index (χ2n) is 7.32. The fraction of sp³-hybridized carbons (Fsp3) is 0.333. The van der Waals surface area contributed by atoms with E-state index < -0.39 is 11.7 Å². The number of urea groups is 1. The third-order valence-corrected chi connectivity index (χ3v) is 5.33. The van der Waals surface area contributed by atoms with Crippen molar-refractivity contribution in [1.29, 1.82) is 0 Å². The summed E-state index contributed by atoms with van der Waals surface area (Å²) in [6.07, 6.45) is -0.918. The van der Waals surface area contributed by atoms with E-state index in [2.05, 4.69) is 14.9 Å². The minimum atomic E-state index is -4.43. The van der Waals surface area contributed by atoms with E-state index in [4.69, 9.17) is 0 Å². The number of nitrogens with zero attached hydrogens (tertiary/aromatic N) is 3. The Balaban J connectivity index is 1.33. The summed E-state index contributed by atoms with van der Waals surface area (Å²) in [6.45, 7) is 1.98. The van der Waals surface area contributed by atoms with Gasteiger partial charge in [0.15, 0.2) is 0 Å². The average molecular weight is 402 g/mol. The van der Waals surface area contributed by atoms with Crippen LogP contribution in [0.1, 0.15) is 18.4 Å². The van der Waals surface area contributed by atoms with Crippen LogP contribution in [0, 0.1) is 5.92 Å². The lowest BCUT2D eigenvalue weighted by Crippen LogP contribution is -2.41. The topological polar surface area (TPSA) is 50.2 Å². The second kappa shape index (κ2) is 7.77. The summed E-state index contributed by atoms with van der Waals surface area (Å²) in [5, 5.41) is 2.58. The summed E-state index contributed by atoms with van der Waals surface area (Å²) in [5.74, 6) is 0.421. The zero-order valence-electron chi connectivity index (χ0n) is 15.7. The molecule has 0 aliphatic carbocycles. The molecule has 1 aliphatic heterocycles. The van der Waals surface area contributed by atoms with Crippen molar-refractivity contribution in [3.05, 3.63) is 60.4 Å². The molecule has 152 valence electrons. The van der Waals surface area contributed by atoms with Crippen LogP contribution < -0.4 is 5.32 Å². The maximum Gasteiger partial charge on any atom is 0.416 e. The molecule has 2 aromatic carbocycles. The Kier molecular flexibility index (Phi) is 5.17. The first-order valence-corrected chi connectivity index (χ1v) is 9.53. The first kappa shape index (κ1) is 19.3. The highest BCUT2D eigenvalue weighted by molar-refractivity contribution is 5.89. The molecule has 4 rings (SSSR count). The Morgan fingerprint density at radius 3 is 2.62 bits per heavy atom. The molecule has 3 aromatic rings. The quantitative estimate of drug-likeness (QED) is 0.670. The number of hydrogen-bond acceptors (Lipinski definition) is 2. The van der Waals surface area contributed by atoms with Crippen LogP contribution in [0.25, 0.3) is 11.0 Å². The molecule has 1 aliphatic rings. The van der Waals surface area contributed by atoms with Crippen LogP contribution in [0.15, 0.2) is 54.9 Å². The van der Waals surface area contributed by atoms with Crippen LogP contribution in [0.5, 0.6) is 0 Å². The predicted octanol–water partition coefficient (Wildman–Crippen LogP) is 5.00. The zero-order valence-corrected chi connectivity index (χ0v) is 15.7. The van der Waals surface area contributed by atoms with Gasteiger partial charge in [-0.25, -0.2) is 9.78 Å². The third kappa shape index (κ3) is 4.36. The number of fused-ring (bicyclic) bond motifs is 1. The van der Waals surface area contributed by atoms with E-state index >= 15 is 0 Å². The largest absolute Gasteiger partial charge is 0.416 e. The first-order valence-electron chi connectivity index (χ1n) is 9.53. The summed E-state index contributed by atoms with van der Waals surface area (Å²) < 4.78 is 40.6. The van der Waals surface area contributed by atoms with Crippen molar-refractivity contribution in [2.45, 2.75) is 25.6 Å². The van der Waals surface area contributed by atoms with E-state index in [1.807, 2.05) is 30.6 Å². The number of hydrogen-bond donors (Lipinski definition) is 1. The van der Waals surface area contributed by atoms with E-state index in [1.54, 1.807) is 4.90 Å². The fourth-order valence-corrected chi connectivity index (χ4v) is 3.73. The van der Waals surface area contributed by atoms with Gasteiger partial charge >= 0.3 is 12.2 Å². The fourth-order valence-electron chi connectivity index (χ4n) is 3.73. The number of imidazole rings is 1. The van der Waals surface area contributed by atoms with Crippen LogP contribution in [-0.2, 0) is 12.7 Å². The van der Waals surface area contributed by atoms with E-state index in [0.29, 0.717) is 19.0 Å². The highest BCUT2D eigenvalue weighted by Crippen LogP contribution is 2.31. The smallest absolute Gasteiger partial charge is 0.330 e. The van der Waals surface area contributed by atoms with Crippen molar-refractivity contribution in [3.8, 4) is 0 Å². The van der Waals surface area contributed by atoms with Crippen molar-refractivity contribution in [2.75, 3.05) is 18.4 Å². The van der Waals surface area contributed by atoms with Crippen molar-refractivity contribution >= 4 is 22.8 Å². The highest BCUT2D eigenvalue weighted by Gasteiger charge is 2.31. The van der Waals surface area contributed by atoms with Gasteiger partial charge in [0.1, 0.15) is 0 Å². The summed E-state index contributed by atoms with van der Waals surface area (Å²) in [7, 11) is 0. The Hall–Kier alpha value is -3.03. The molecule has 1 N–H and O–H groups in total. The van der Waals surface area contributed by atoms with Crippen molar-refractivity contribution in [1.82, 2.24) is 14.5 Å². The Labute approximate surface area is 166 Å². The van der Waals surface area contributed by atoms with Gasteiger partial charge in [-0.15, -0.1) is 0 Å². The monoisotopic (exact) mass is 402 g/mol. The lowest BCUT2D eigenvalue weighted by Gasteiger charge is -2.32. The van der Waals surface area contributed by atoms with Gasteiger partial charge in [0.05, 0.1) is 22.9 Å². The molecule has 0 radical (unpaired) electrons. The minimum absolute atomic E-state index is 0.150. The van der Waals surface area contributed by atoms with E-state index in [9.17, 15) is 18.0 Å². The molecule has 0 saturated carbocycles. The average Bonchev–Trinajstić information content (AvgIpc) is 3.11. The summed E-state index contributed by atoms with van der Waals surface area (Å²) in [6, 6.07) is 12.3. The van der Waals surface area contributed by atoms with Crippen LogP contribution in [0.2, 0.25) is 0 Å². The van der Waals surface area contributed by atoms with Gasteiger partial charge in [-0.2, -0.15) is 13.2 Å². The zero-order chi connectivity index (χ0) is 20.4. The Morgan fingerprint density at radius 1 is 1.10 bits per heavy atom. The molecule has 2 heterocycles. The first-order chi connectivity index (χ1) is 13.9. The lowest BCUT2D eigenvalue weighted by molar-refractivity contribution is -0.137. The number of nitrogens with one attached hydrogen (secondary N) is 1. The number of alkyl halides is 3. The highest BCUT2D eigenvalue weighted by atomic mass is 19.4. The molecule has 8 heteroatoms. The standard InChI is InChI=1S/C21H21F3N4O/c22-21(23,24)16-4-3-5-17(12-16)26-20(29)27-10-8-15(9-11-27)13-28-14-25-18-6-1-2-7-19(18)28/h1-7,12,14-15H,8-11,13H2,(H,26,29). The molecule has 1 aromatic heterocycles. The Morgan fingerprint density at radius 2 is 1.86 bits per heavy atom. The molecule has 1 saturated heterocycles. The number of aromatic nitrogens is 2. The number of anilines is 1. The van der Waals surface area contributed by atoms with Crippen LogP contribution in [0.4, 0.5) is 23.7 Å². The molecular formula is C21H21F3N4O. The van der Waals surface area contributed by atoms with Crippen LogP contribution in [0.3, 0.4) is 0 Å². The maximum atomic E-state index is 12.8. The molecule has 0 spiro atoms. The number of benzene rings is 2. The SMILES string of the molecule is O=C(Nc1cccc(C(F)(F)F)c1)N1CCC(Cn2cnc3ccccc32)CC1. The van der Waals surface area contributed by atoms with E-state index in [0.717, 1.165) is 42.6 Å². The molecule has 0 bridgehead atoms. The number of rotatable bonds is 3. The van der Waals surface area contributed by atoms with Crippen molar-refractivity contribution < 1.29 is 18.0 Å². The predicted molar refractivity (Wildman–Crippen MR) is 104 cm³/mol. The summed E-state index contributed by atoms with van der Waals surface area (Å²) in [5.41, 5.74) is 1.43. The number of piperidine rings is 1. The van der Waals surface area contributed by atoms with Gasteiger partial charge < -0.3 is 14.8 Å². The molecule has 5 nitrogen and oxygen atoms in total. The van der Waals surface area contributed by atoms with Crippen LogP contribution in [-0.4, -0.2) is 33.6 Å². The molecule has 29 heavy (non-hydrogen) atoms. The summed E-state index contributed by atoms with van der Waals surface area (Å²) >= 11 is 0. The van der Waals surface area contributed by atoms with Gasteiger partial charge in [0.2, 0.25) is 0 Å². The lowest BCUT2D eigenvalue weighted by atomic mass is 9.97. The molecule has 0 unspecified atom stereocenters. The number of carbonyl (C=O) groups is 1. The molecule has 0 atom stereocenters. The van der Waals surface area contributed by atoms with Crippen molar-refractivity contribution in [3.63, 3.8) is 0 Å². The Bertz CT molecular complexity index is 1010. The van der Waals surface area contributed by atoms with Crippen LogP contribution >= 0.6 is 0 Å². The number of halogens is 3. The summed E-state index contributed by atoms with van der Waals surface area (Å²) in [4.78, 5) is 18.5. The second-order valence-corrected chi connectivity index (χ2v) is 7.32. The van der Waals surface area contributed by atoms with E-state index in [-0.39, 0.29) is 11.7 Å². The minimum Gasteiger partial charge on any atom is -0.330 e. The van der Waals surface area contributed by atoms with Gasteiger partial charge in [0.25, 0.3) is 0 Å². The molecular weight excluding hydrogens is 381 g/mol. The van der Waals surface area contributed by atoms with Crippen molar-refractivity contribution in [2.24, 2.45) is 5.92 Å². The molecule has 1 fully saturated rings. The van der Waals surface area contributed by atoms with E-state index in [1.165, 1.54) is 12.1 Å². The third-order valence-electron chi connectivity index (χ3n) is 5.33. The van der Waals surface area contributed by atoms with Gasteiger partial charge in [-0.05, 0) is 49.1 Å². The normalized spacial score (nSPS) is 15.6. The molecule has 2 amide bonds. The maximum absolute atomic E-state index is 12.8. The van der Waals surface area contributed by atoms with Gasteiger partial charge in [0, 0.05) is 25.3 Å².